The van der Waals surface area contributed by atoms with Crippen LogP contribution < -0.4 is 4.90 Å². The Hall–Kier alpha value is -1.10. The van der Waals surface area contributed by atoms with Crippen molar-refractivity contribution in [1.29, 1.82) is 0 Å². The fraction of sp³-hybridized carbons (Fsp3) is 0.500. The van der Waals surface area contributed by atoms with Gasteiger partial charge in [-0.2, -0.15) is 0 Å². The van der Waals surface area contributed by atoms with Crippen molar-refractivity contribution >= 4 is 27.7 Å². The molecule has 0 aliphatic carbocycles. The zero-order valence-electron chi connectivity index (χ0n) is 10.5. The summed E-state index contributed by atoms with van der Waals surface area (Å²) in [5, 5.41) is 9.15. The van der Waals surface area contributed by atoms with Gasteiger partial charge < -0.3 is 10.0 Å². The number of pyridine rings is 1. The van der Waals surface area contributed by atoms with Gasteiger partial charge in [0.25, 0.3) is 0 Å². The lowest BCUT2D eigenvalue weighted by Gasteiger charge is -2.28. The van der Waals surface area contributed by atoms with Crippen molar-refractivity contribution in [3.05, 3.63) is 22.3 Å². The lowest BCUT2D eigenvalue weighted by Crippen LogP contribution is -2.31. The molecule has 0 radical (unpaired) electrons. The first-order valence-electron chi connectivity index (χ1n) is 5.31. The van der Waals surface area contributed by atoms with E-state index in [1.165, 1.54) is 0 Å². The maximum absolute atomic E-state index is 11.2. The number of carbonyl (C=O) groups is 1. The van der Waals surface area contributed by atoms with Crippen LogP contribution in [0.25, 0.3) is 0 Å². The smallest absolute Gasteiger partial charge is 0.339 e. The number of anilines is 1. The van der Waals surface area contributed by atoms with Gasteiger partial charge in [0.05, 0.1) is 0 Å². The van der Waals surface area contributed by atoms with Crippen LogP contribution in [0, 0.1) is 5.41 Å². The average Bonchev–Trinajstić information content (AvgIpc) is 2.14. The SMILES string of the molecule is CN(CC(C)(C)C)c1ncc(Br)cc1C(=O)O. The molecule has 5 heteroatoms. The Balaban J connectivity index is 3.09. The van der Waals surface area contributed by atoms with Crippen molar-refractivity contribution < 1.29 is 9.90 Å². The second-order valence-electron chi connectivity index (χ2n) is 5.25. The van der Waals surface area contributed by atoms with E-state index >= 15 is 0 Å². The van der Waals surface area contributed by atoms with Gasteiger partial charge in [0.1, 0.15) is 11.4 Å². The van der Waals surface area contributed by atoms with E-state index in [2.05, 4.69) is 41.7 Å². The Bertz CT molecular complexity index is 427. The van der Waals surface area contributed by atoms with E-state index < -0.39 is 5.97 Å². The third kappa shape index (κ3) is 4.00. The average molecular weight is 301 g/mol. The minimum atomic E-state index is -0.963. The van der Waals surface area contributed by atoms with E-state index in [1.807, 2.05) is 11.9 Å². The number of halogens is 1. The topological polar surface area (TPSA) is 53.4 Å². The molecule has 17 heavy (non-hydrogen) atoms. The van der Waals surface area contributed by atoms with Gasteiger partial charge >= 0.3 is 5.97 Å². The molecule has 1 rings (SSSR count). The molecule has 0 spiro atoms. The van der Waals surface area contributed by atoms with Crippen LogP contribution in [0.4, 0.5) is 5.82 Å². The van der Waals surface area contributed by atoms with E-state index in [9.17, 15) is 4.79 Å². The molecule has 0 saturated carbocycles. The Labute approximate surface area is 110 Å². The van der Waals surface area contributed by atoms with Crippen LogP contribution in [-0.4, -0.2) is 29.7 Å². The first kappa shape index (κ1) is 14.0. The number of aromatic nitrogens is 1. The highest BCUT2D eigenvalue weighted by atomic mass is 79.9. The fourth-order valence-corrected chi connectivity index (χ4v) is 2.01. The minimum Gasteiger partial charge on any atom is -0.478 e. The largest absolute Gasteiger partial charge is 0.478 e. The van der Waals surface area contributed by atoms with E-state index in [0.29, 0.717) is 10.3 Å². The first-order valence-corrected chi connectivity index (χ1v) is 6.10. The number of carboxylic acids is 1. The molecular weight excluding hydrogens is 284 g/mol. The van der Waals surface area contributed by atoms with Gasteiger partial charge in [-0.15, -0.1) is 0 Å². The number of hydrogen-bond acceptors (Lipinski definition) is 3. The molecule has 0 fully saturated rings. The highest BCUT2D eigenvalue weighted by Gasteiger charge is 2.20. The van der Waals surface area contributed by atoms with Gasteiger partial charge in [-0.1, -0.05) is 20.8 Å². The van der Waals surface area contributed by atoms with E-state index in [4.69, 9.17) is 5.11 Å². The lowest BCUT2D eigenvalue weighted by molar-refractivity contribution is 0.0697. The number of aromatic carboxylic acids is 1. The summed E-state index contributed by atoms with van der Waals surface area (Å²) in [6.45, 7) is 7.04. The molecule has 0 saturated heterocycles. The number of carboxylic acid groups (broad SMARTS) is 1. The molecule has 4 nitrogen and oxygen atoms in total. The Morgan fingerprint density at radius 3 is 2.59 bits per heavy atom. The highest BCUT2D eigenvalue weighted by molar-refractivity contribution is 9.10. The van der Waals surface area contributed by atoms with Crippen molar-refractivity contribution in [1.82, 2.24) is 4.98 Å². The summed E-state index contributed by atoms with van der Waals surface area (Å²) in [7, 11) is 1.86. The minimum absolute atomic E-state index is 0.0826. The molecular formula is C12H17BrN2O2. The summed E-state index contributed by atoms with van der Waals surface area (Å²) in [5.74, 6) is -0.467. The van der Waals surface area contributed by atoms with Crippen molar-refractivity contribution in [3.63, 3.8) is 0 Å². The summed E-state index contributed by atoms with van der Waals surface area (Å²) >= 11 is 3.23. The predicted octanol–water partition coefficient (Wildman–Crippen LogP) is 3.02. The van der Waals surface area contributed by atoms with E-state index in [0.717, 1.165) is 6.54 Å². The Kier molecular flexibility index (Phi) is 4.14. The highest BCUT2D eigenvalue weighted by Crippen LogP contribution is 2.24. The van der Waals surface area contributed by atoms with Crippen LogP contribution in [0.2, 0.25) is 0 Å². The normalized spacial score (nSPS) is 11.4. The second kappa shape index (κ2) is 5.04. The summed E-state index contributed by atoms with van der Waals surface area (Å²) < 4.78 is 0.669. The van der Waals surface area contributed by atoms with Crippen LogP contribution >= 0.6 is 15.9 Å². The molecule has 94 valence electrons. The van der Waals surface area contributed by atoms with Gasteiger partial charge in [0.15, 0.2) is 0 Å². The van der Waals surface area contributed by atoms with Crippen molar-refractivity contribution in [2.75, 3.05) is 18.5 Å². The van der Waals surface area contributed by atoms with Gasteiger partial charge in [-0.3, -0.25) is 0 Å². The monoisotopic (exact) mass is 300 g/mol. The molecule has 0 aromatic carbocycles. The summed E-state index contributed by atoms with van der Waals surface area (Å²) in [6.07, 6.45) is 1.61. The quantitative estimate of drug-likeness (QED) is 0.932. The first-order chi connectivity index (χ1) is 7.70. The van der Waals surface area contributed by atoms with Crippen LogP contribution in [0.1, 0.15) is 31.1 Å². The van der Waals surface area contributed by atoms with Crippen LogP contribution in [0.15, 0.2) is 16.7 Å². The van der Waals surface area contributed by atoms with Gasteiger partial charge in [-0.05, 0) is 27.4 Å². The molecule has 0 aliphatic heterocycles. The van der Waals surface area contributed by atoms with Crippen LogP contribution in [0.5, 0.6) is 0 Å². The zero-order chi connectivity index (χ0) is 13.2. The number of hydrogen-bond donors (Lipinski definition) is 1. The molecule has 0 amide bonds. The molecule has 0 bridgehead atoms. The Morgan fingerprint density at radius 1 is 1.53 bits per heavy atom. The standard InChI is InChI=1S/C12H17BrN2O2/c1-12(2,3)7-15(4)10-9(11(16)17)5-8(13)6-14-10/h5-6H,7H2,1-4H3,(H,16,17). The van der Waals surface area contributed by atoms with Crippen molar-refractivity contribution in [3.8, 4) is 0 Å². The van der Waals surface area contributed by atoms with Gasteiger partial charge in [0.2, 0.25) is 0 Å². The lowest BCUT2D eigenvalue weighted by atomic mass is 9.96. The predicted molar refractivity (Wildman–Crippen MR) is 71.6 cm³/mol. The summed E-state index contributed by atoms with van der Waals surface area (Å²) in [5.41, 5.74) is 0.297. The second-order valence-corrected chi connectivity index (χ2v) is 6.16. The molecule has 1 aromatic rings. The molecule has 1 heterocycles. The Morgan fingerprint density at radius 2 is 2.12 bits per heavy atom. The van der Waals surface area contributed by atoms with Crippen LogP contribution in [0.3, 0.4) is 0 Å². The summed E-state index contributed by atoms with van der Waals surface area (Å²) in [4.78, 5) is 17.2. The summed E-state index contributed by atoms with van der Waals surface area (Å²) in [6, 6.07) is 1.57. The molecule has 0 unspecified atom stereocenters. The van der Waals surface area contributed by atoms with Crippen molar-refractivity contribution in [2.24, 2.45) is 5.41 Å². The number of rotatable bonds is 3. The zero-order valence-corrected chi connectivity index (χ0v) is 12.1. The molecule has 0 atom stereocenters. The van der Waals surface area contributed by atoms with Gasteiger partial charge in [-0.25, -0.2) is 9.78 Å². The molecule has 0 aliphatic rings. The number of nitrogens with zero attached hydrogens (tertiary/aromatic N) is 2. The van der Waals surface area contributed by atoms with E-state index in [-0.39, 0.29) is 11.0 Å². The third-order valence-electron chi connectivity index (χ3n) is 2.14. The van der Waals surface area contributed by atoms with Crippen LogP contribution in [-0.2, 0) is 0 Å². The fourth-order valence-electron chi connectivity index (χ4n) is 1.68. The van der Waals surface area contributed by atoms with Gasteiger partial charge in [0, 0.05) is 24.3 Å². The maximum Gasteiger partial charge on any atom is 0.339 e. The van der Waals surface area contributed by atoms with E-state index in [1.54, 1.807) is 12.3 Å². The maximum atomic E-state index is 11.2. The van der Waals surface area contributed by atoms with Crippen molar-refractivity contribution in [2.45, 2.75) is 20.8 Å². The molecule has 1 aromatic heterocycles. The molecule has 1 N–H and O–H groups in total. The third-order valence-corrected chi connectivity index (χ3v) is 2.57.